The number of hydrogen-bond acceptors (Lipinski definition) is 4. The van der Waals surface area contributed by atoms with Crippen LogP contribution >= 0.6 is 46.4 Å². The van der Waals surface area contributed by atoms with Gasteiger partial charge in [0.05, 0.1) is 28.5 Å². The van der Waals surface area contributed by atoms with Gasteiger partial charge in [0.25, 0.3) is 0 Å². The molecule has 140 valence electrons. The largest absolute Gasteiger partial charge is 0.311 e. The van der Waals surface area contributed by atoms with Gasteiger partial charge in [-0.2, -0.15) is 0 Å². The maximum Gasteiger partial charge on any atom is 0.196 e. The fourth-order valence-electron chi connectivity index (χ4n) is 2.84. The second-order valence-corrected chi connectivity index (χ2v) is 7.59. The summed E-state index contributed by atoms with van der Waals surface area (Å²) in [7, 11) is 0. The van der Waals surface area contributed by atoms with E-state index in [0.29, 0.717) is 28.3 Å². The summed E-state index contributed by atoms with van der Waals surface area (Å²) in [5.74, 6) is -0.272. The first-order valence-corrected chi connectivity index (χ1v) is 9.54. The van der Waals surface area contributed by atoms with Crippen molar-refractivity contribution in [2.24, 2.45) is 0 Å². The highest BCUT2D eigenvalue weighted by Gasteiger charge is 2.18. The molecule has 2 heterocycles. The molecule has 0 amide bonds. The molecule has 2 aromatic heterocycles. The Kier molecular flexibility index (Phi) is 5.25. The van der Waals surface area contributed by atoms with E-state index in [9.17, 15) is 4.79 Å². The lowest BCUT2D eigenvalue weighted by Crippen LogP contribution is -2.05. The van der Waals surface area contributed by atoms with Crippen LogP contribution in [0.5, 0.6) is 0 Å². The molecule has 0 unspecified atom stereocenters. The normalized spacial score (nSPS) is 11.1. The molecule has 0 radical (unpaired) electrons. The Morgan fingerprint density at radius 2 is 1.61 bits per heavy atom. The van der Waals surface area contributed by atoms with E-state index in [2.05, 4.69) is 15.0 Å². The number of halogens is 4. The maximum atomic E-state index is 12.8. The second-order valence-electron chi connectivity index (χ2n) is 5.98. The number of hydrogen-bond donors (Lipinski definition) is 0. The molecule has 9 heteroatoms. The number of nitrogens with zero attached hydrogens (tertiary/aromatic N) is 4. The molecule has 0 fully saturated rings. The van der Waals surface area contributed by atoms with Gasteiger partial charge >= 0.3 is 0 Å². The van der Waals surface area contributed by atoms with Gasteiger partial charge < -0.3 is 4.57 Å². The van der Waals surface area contributed by atoms with Crippen molar-refractivity contribution < 1.29 is 4.79 Å². The average molecular weight is 452 g/mol. The molecule has 0 saturated heterocycles. The molecule has 0 N–H and O–H groups in total. The summed E-state index contributed by atoms with van der Waals surface area (Å²) in [5.41, 5.74) is 2.59. The lowest BCUT2D eigenvalue weighted by Gasteiger charge is -2.10. The van der Waals surface area contributed by atoms with Crippen molar-refractivity contribution in [3.8, 4) is 0 Å². The lowest BCUT2D eigenvalue weighted by atomic mass is 10.0. The summed E-state index contributed by atoms with van der Waals surface area (Å²) >= 11 is 24.7. The zero-order valence-electron chi connectivity index (χ0n) is 14.0. The fraction of sp³-hybridized carbons (Fsp3) is 0.0526. The SMILES string of the molecule is O=C(c1ccc(Cl)cc1)c1c(Cl)cc(Cn2cnc3c(Cl)ncnc32)cc1Cl. The second kappa shape index (κ2) is 7.68. The van der Waals surface area contributed by atoms with Gasteiger partial charge in [0.2, 0.25) is 0 Å². The Morgan fingerprint density at radius 3 is 2.29 bits per heavy atom. The van der Waals surface area contributed by atoms with Crippen LogP contribution in [0.2, 0.25) is 20.2 Å². The maximum absolute atomic E-state index is 12.8. The van der Waals surface area contributed by atoms with Crippen molar-refractivity contribution in [2.45, 2.75) is 6.54 Å². The summed E-state index contributed by atoms with van der Waals surface area (Å²) < 4.78 is 1.80. The van der Waals surface area contributed by atoms with Crippen molar-refractivity contribution in [1.29, 1.82) is 0 Å². The van der Waals surface area contributed by atoms with Crippen LogP contribution in [-0.4, -0.2) is 25.3 Å². The summed E-state index contributed by atoms with van der Waals surface area (Å²) in [4.78, 5) is 25.1. The van der Waals surface area contributed by atoms with Crippen LogP contribution in [-0.2, 0) is 6.54 Å². The van der Waals surface area contributed by atoms with Crippen LogP contribution in [0.15, 0.2) is 49.1 Å². The average Bonchev–Trinajstić information content (AvgIpc) is 3.06. The zero-order valence-corrected chi connectivity index (χ0v) is 17.1. The van der Waals surface area contributed by atoms with Gasteiger partial charge in [-0.3, -0.25) is 4.79 Å². The number of rotatable bonds is 4. The van der Waals surface area contributed by atoms with Crippen molar-refractivity contribution >= 4 is 63.4 Å². The first kappa shape index (κ1) is 19.2. The first-order chi connectivity index (χ1) is 13.4. The third kappa shape index (κ3) is 3.59. The van der Waals surface area contributed by atoms with Crippen molar-refractivity contribution in [3.63, 3.8) is 0 Å². The third-order valence-electron chi connectivity index (χ3n) is 4.14. The summed E-state index contributed by atoms with van der Waals surface area (Å²) in [6.45, 7) is 0.401. The highest BCUT2D eigenvalue weighted by Crippen LogP contribution is 2.30. The molecule has 0 saturated carbocycles. The molecule has 28 heavy (non-hydrogen) atoms. The van der Waals surface area contributed by atoms with Gasteiger partial charge in [0.15, 0.2) is 16.6 Å². The van der Waals surface area contributed by atoms with E-state index in [4.69, 9.17) is 46.4 Å². The van der Waals surface area contributed by atoms with Crippen molar-refractivity contribution in [2.75, 3.05) is 0 Å². The highest BCUT2D eigenvalue weighted by molar-refractivity contribution is 6.41. The Balaban J connectivity index is 1.68. The molecule has 0 bridgehead atoms. The standard InChI is InChI=1S/C19H10Cl4N4O/c20-12-3-1-11(2-4-12)17(28)15-13(21)5-10(6-14(15)22)7-27-9-26-16-18(23)24-8-25-19(16)27/h1-6,8-9H,7H2. The van der Waals surface area contributed by atoms with Gasteiger partial charge in [-0.25, -0.2) is 15.0 Å². The van der Waals surface area contributed by atoms with E-state index in [0.717, 1.165) is 5.56 Å². The number of ketones is 1. The van der Waals surface area contributed by atoms with Crippen LogP contribution in [0.3, 0.4) is 0 Å². The monoisotopic (exact) mass is 450 g/mol. The predicted octanol–water partition coefficient (Wildman–Crippen LogP) is 5.72. The van der Waals surface area contributed by atoms with E-state index in [-0.39, 0.29) is 26.5 Å². The molecule has 0 aliphatic rings. The number of carbonyl (C=O) groups excluding carboxylic acids is 1. The number of imidazole rings is 1. The van der Waals surface area contributed by atoms with Gasteiger partial charge in [-0.05, 0) is 42.0 Å². The van der Waals surface area contributed by atoms with Crippen molar-refractivity contribution in [1.82, 2.24) is 19.5 Å². The van der Waals surface area contributed by atoms with E-state index in [1.165, 1.54) is 6.33 Å². The Hall–Kier alpha value is -2.18. The number of benzene rings is 2. The Morgan fingerprint density at radius 1 is 0.929 bits per heavy atom. The minimum atomic E-state index is -0.272. The molecule has 0 aliphatic carbocycles. The topological polar surface area (TPSA) is 60.7 Å². The molecular formula is C19H10Cl4N4O. The molecule has 0 spiro atoms. The van der Waals surface area contributed by atoms with E-state index < -0.39 is 0 Å². The van der Waals surface area contributed by atoms with Crippen LogP contribution < -0.4 is 0 Å². The van der Waals surface area contributed by atoms with Gasteiger partial charge in [0, 0.05) is 10.6 Å². The zero-order chi connectivity index (χ0) is 19.8. The van der Waals surface area contributed by atoms with Gasteiger partial charge in [-0.15, -0.1) is 0 Å². The van der Waals surface area contributed by atoms with Crippen LogP contribution in [0.4, 0.5) is 0 Å². The molecule has 5 nitrogen and oxygen atoms in total. The van der Waals surface area contributed by atoms with E-state index in [1.807, 2.05) is 0 Å². The molecular weight excluding hydrogens is 442 g/mol. The predicted molar refractivity (Wildman–Crippen MR) is 111 cm³/mol. The van der Waals surface area contributed by atoms with Crippen molar-refractivity contribution in [3.05, 3.63) is 86.0 Å². The fourth-order valence-corrected chi connectivity index (χ4v) is 3.85. The molecule has 4 aromatic rings. The molecule has 2 aromatic carbocycles. The third-order valence-corrected chi connectivity index (χ3v) is 5.27. The quantitative estimate of drug-likeness (QED) is 0.294. The number of fused-ring (bicyclic) bond motifs is 1. The van der Waals surface area contributed by atoms with Gasteiger partial charge in [-0.1, -0.05) is 46.4 Å². The van der Waals surface area contributed by atoms with E-state index in [1.54, 1.807) is 47.3 Å². The smallest absolute Gasteiger partial charge is 0.196 e. The number of aromatic nitrogens is 4. The van der Waals surface area contributed by atoms with Crippen LogP contribution in [0, 0.1) is 0 Å². The lowest BCUT2D eigenvalue weighted by molar-refractivity contribution is 0.103. The molecule has 0 atom stereocenters. The van der Waals surface area contributed by atoms with Gasteiger partial charge in [0.1, 0.15) is 11.8 Å². The molecule has 0 aliphatic heterocycles. The summed E-state index contributed by atoms with van der Waals surface area (Å²) in [6, 6.07) is 9.94. The van der Waals surface area contributed by atoms with Crippen LogP contribution in [0.25, 0.3) is 11.2 Å². The summed E-state index contributed by atoms with van der Waals surface area (Å²) in [6.07, 6.45) is 2.98. The minimum Gasteiger partial charge on any atom is -0.311 e. The van der Waals surface area contributed by atoms with E-state index >= 15 is 0 Å². The summed E-state index contributed by atoms with van der Waals surface area (Å²) in [5, 5.41) is 1.35. The number of carbonyl (C=O) groups is 1. The Bertz CT molecular complexity index is 1180. The highest BCUT2D eigenvalue weighted by atomic mass is 35.5. The minimum absolute atomic E-state index is 0.246. The van der Waals surface area contributed by atoms with Crippen LogP contribution in [0.1, 0.15) is 21.5 Å². The first-order valence-electron chi connectivity index (χ1n) is 8.03. The Labute approximate surface area is 179 Å². The molecule has 4 rings (SSSR count).